The van der Waals surface area contributed by atoms with Crippen LogP contribution in [0.4, 0.5) is 0 Å². The fourth-order valence-corrected chi connectivity index (χ4v) is 4.84. The molecule has 1 saturated heterocycles. The first-order valence-corrected chi connectivity index (χ1v) is 7.85. The molecule has 0 spiro atoms. The number of hydrogen-bond donors (Lipinski definition) is 1. The monoisotopic (exact) mass is 301 g/mol. The van der Waals surface area contributed by atoms with E-state index < -0.39 is 0 Å². The van der Waals surface area contributed by atoms with Gasteiger partial charge in [0.05, 0.1) is 18.6 Å². The molecule has 22 heavy (non-hydrogen) atoms. The van der Waals surface area contributed by atoms with Gasteiger partial charge in [0.1, 0.15) is 0 Å². The van der Waals surface area contributed by atoms with Gasteiger partial charge in [-0.1, -0.05) is 12.2 Å². The van der Waals surface area contributed by atoms with E-state index in [1.807, 2.05) is 0 Å². The molecule has 3 heterocycles. The van der Waals surface area contributed by atoms with E-state index in [-0.39, 0.29) is 18.3 Å². The lowest BCUT2D eigenvalue weighted by Gasteiger charge is -2.45. The third-order valence-electron chi connectivity index (χ3n) is 5.71. The number of aliphatic hydroxyl groups is 1. The summed E-state index contributed by atoms with van der Waals surface area (Å²) in [7, 11) is 1.67. The van der Waals surface area contributed by atoms with Crippen molar-refractivity contribution >= 4 is 0 Å². The molecule has 1 unspecified atom stereocenters. The molecule has 5 rings (SSSR count). The highest BCUT2D eigenvalue weighted by Gasteiger charge is 2.58. The Morgan fingerprint density at radius 1 is 1.41 bits per heavy atom. The smallest absolute Gasteiger partial charge is 0.231 e. The number of fused-ring (bicyclic) bond motifs is 2. The van der Waals surface area contributed by atoms with E-state index >= 15 is 0 Å². The normalized spacial score (nSPS) is 36.9. The zero-order chi connectivity index (χ0) is 14.9. The summed E-state index contributed by atoms with van der Waals surface area (Å²) in [6, 6.07) is 2.43. The van der Waals surface area contributed by atoms with Gasteiger partial charge in [-0.25, -0.2) is 0 Å². The average molecular weight is 301 g/mol. The number of allylic oxidation sites excluding steroid dienone is 1. The molecule has 1 N–H and O–H groups in total. The number of aliphatic hydroxyl groups excluding tert-OH is 1. The van der Waals surface area contributed by atoms with Gasteiger partial charge in [-0.15, -0.1) is 0 Å². The van der Waals surface area contributed by atoms with Crippen molar-refractivity contribution in [3.8, 4) is 17.2 Å². The highest BCUT2D eigenvalue weighted by molar-refractivity contribution is 5.64. The van der Waals surface area contributed by atoms with Gasteiger partial charge < -0.3 is 19.3 Å². The Hall–Kier alpha value is -1.72. The van der Waals surface area contributed by atoms with Gasteiger partial charge in [-0.2, -0.15) is 0 Å². The van der Waals surface area contributed by atoms with Crippen LogP contribution >= 0.6 is 0 Å². The van der Waals surface area contributed by atoms with Crippen molar-refractivity contribution in [2.45, 2.75) is 36.9 Å². The van der Waals surface area contributed by atoms with E-state index in [0.29, 0.717) is 18.3 Å². The Bertz CT molecular complexity index is 686. The lowest BCUT2D eigenvalue weighted by atomic mass is 9.65. The minimum absolute atomic E-state index is 0.229. The molecule has 1 aromatic carbocycles. The summed E-state index contributed by atoms with van der Waals surface area (Å²) in [5, 5.41) is 10.8. The first kappa shape index (κ1) is 12.8. The maximum Gasteiger partial charge on any atom is 0.231 e. The largest absolute Gasteiger partial charge is 0.492 e. The van der Waals surface area contributed by atoms with Crippen LogP contribution in [0.3, 0.4) is 0 Å². The second kappa shape index (κ2) is 4.18. The van der Waals surface area contributed by atoms with Gasteiger partial charge in [-0.05, 0) is 24.5 Å². The molecule has 0 amide bonds. The van der Waals surface area contributed by atoms with Gasteiger partial charge >= 0.3 is 0 Å². The zero-order valence-electron chi connectivity index (χ0n) is 12.5. The second-order valence-electron chi connectivity index (χ2n) is 6.54. The van der Waals surface area contributed by atoms with Gasteiger partial charge in [-0.3, -0.25) is 4.90 Å². The standard InChI is InChI=1S/C17H19NO4/c1-20-15-10-7-18-8-14(19)17(5-3-2-4-13(17)18)11(10)6-12-16(15)22-9-21-12/h3,5-6,13-14,19H,2,4,7-9H2,1H3/t13-,14+,17-/m0/s1. The van der Waals surface area contributed by atoms with Crippen LogP contribution in [0.5, 0.6) is 17.2 Å². The average Bonchev–Trinajstić information content (AvgIpc) is 3.08. The van der Waals surface area contributed by atoms with Crippen LogP contribution in [0.25, 0.3) is 0 Å². The first-order valence-electron chi connectivity index (χ1n) is 7.85. The van der Waals surface area contributed by atoms with E-state index in [1.165, 1.54) is 0 Å². The van der Waals surface area contributed by atoms with Crippen molar-refractivity contribution < 1.29 is 19.3 Å². The van der Waals surface area contributed by atoms with Crippen LogP contribution in [-0.2, 0) is 12.0 Å². The number of methoxy groups -OCH3 is 1. The molecule has 0 saturated carbocycles. The maximum absolute atomic E-state index is 10.8. The van der Waals surface area contributed by atoms with Crippen molar-refractivity contribution in [1.82, 2.24) is 4.90 Å². The molecule has 1 aromatic rings. The molecule has 3 aliphatic heterocycles. The third kappa shape index (κ3) is 1.32. The minimum atomic E-state index is -0.389. The number of hydrogen-bond acceptors (Lipinski definition) is 5. The van der Waals surface area contributed by atoms with E-state index in [2.05, 4.69) is 23.1 Å². The molecule has 4 aliphatic rings. The van der Waals surface area contributed by atoms with Crippen molar-refractivity contribution in [3.63, 3.8) is 0 Å². The van der Waals surface area contributed by atoms with E-state index in [4.69, 9.17) is 14.2 Å². The Kier molecular flexibility index (Phi) is 2.43. The number of nitrogens with zero attached hydrogens (tertiary/aromatic N) is 1. The lowest BCUT2D eigenvalue weighted by Crippen LogP contribution is -2.50. The van der Waals surface area contributed by atoms with Crippen LogP contribution in [0.15, 0.2) is 18.2 Å². The van der Waals surface area contributed by atoms with Crippen LogP contribution in [0.1, 0.15) is 24.0 Å². The molecule has 1 aliphatic carbocycles. The molecule has 116 valence electrons. The predicted octanol–water partition coefficient (Wildman–Crippen LogP) is 1.57. The molecule has 5 nitrogen and oxygen atoms in total. The van der Waals surface area contributed by atoms with Crippen LogP contribution in [0.2, 0.25) is 0 Å². The zero-order valence-corrected chi connectivity index (χ0v) is 12.5. The Morgan fingerprint density at radius 3 is 3.18 bits per heavy atom. The fraction of sp³-hybridized carbons (Fsp3) is 0.529. The molecule has 0 radical (unpaired) electrons. The Morgan fingerprint density at radius 2 is 2.32 bits per heavy atom. The topological polar surface area (TPSA) is 51.2 Å². The predicted molar refractivity (Wildman–Crippen MR) is 79.4 cm³/mol. The molecular weight excluding hydrogens is 282 g/mol. The van der Waals surface area contributed by atoms with E-state index in [0.717, 1.165) is 42.0 Å². The first-order chi connectivity index (χ1) is 10.8. The summed E-state index contributed by atoms with van der Waals surface area (Å²) in [6.07, 6.45) is 6.19. The molecule has 0 aromatic heterocycles. The van der Waals surface area contributed by atoms with Crippen molar-refractivity contribution in [2.24, 2.45) is 0 Å². The minimum Gasteiger partial charge on any atom is -0.492 e. The van der Waals surface area contributed by atoms with E-state index in [1.54, 1.807) is 7.11 Å². The molecule has 5 heteroatoms. The molecular formula is C17H19NO4. The van der Waals surface area contributed by atoms with Crippen molar-refractivity contribution in [3.05, 3.63) is 29.3 Å². The lowest BCUT2D eigenvalue weighted by molar-refractivity contribution is 0.129. The van der Waals surface area contributed by atoms with E-state index in [9.17, 15) is 5.11 Å². The summed E-state index contributed by atoms with van der Waals surface area (Å²) < 4.78 is 16.8. The van der Waals surface area contributed by atoms with Gasteiger partial charge in [0.2, 0.25) is 12.5 Å². The van der Waals surface area contributed by atoms with Crippen LogP contribution < -0.4 is 14.2 Å². The fourth-order valence-electron chi connectivity index (χ4n) is 4.84. The summed E-state index contributed by atoms with van der Waals surface area (Å²) in [6.45, 7) is 1.73. The molecule has 4 atom stereocenters. The Balaban J connectivity index is 1.82. The van der Waals surface area contributed by atoms with Gasteiger partial charge in [0.15, 0.2) is 11.5 Å². The molecule has 2 bridgehead atoms. The van der Waals surface area contributed by atoms with Gasteiger partial charge in [0.25, 0.3) is 0 Å². The highest BCUT2D eigenvalue weighted by Crippen LogP contribution is 2.56. The number of ether oxygens (including phenoxy) is 3. The number of benzene rings is 1. The maximum atomic E-state index is 10.8. The van der Waals surface area contributed by atoms with Crippen molar-refractivity contribution in [2.75, 3.05) is 20.4 Å². The summed E-state index contributed by atoms with van der Waals surface area (Å²) in [5.74, 6) is 2.20. The highest BCUT2D eigenvalue weighted by atomic mass is 16.7. The Labute approximate surface area is 129 Å². The number of rotatable bonds is 1. The van der Waals surface area contributed by atoms with Crippen molar-refractivity contribution in [1.29, 1.82) is 0 Å². The van der Waals surface area contributed by atoms with Crippen LogP contribution in [0, 0.1) is 0 Å². The third-order valence-corrected chi connectivity index (χ3v) is 5.71. The second-order valence-corrected chi connectivity index (χ2v) is 6.54. The summed E-state index contributed by atoms with van der Waals surface area (Å²) >= 11 is 0. The van der Waals surface area contributed by atoms with Gasteiger partial charge in [0, 0.05) is 24.7 Å². The summed E-state index contributed by atoms with van der Waals surface area (Å²) in [4.78, 5) is 2.39. The summed E-state index contributed by atoms with van der Waals surface area (Å²) in [5.41, 5.74) is 1.95. The quantitative estimate of drug-likeness (QED) is 0.798. The SMILES string of the molecule is COc1c2c(cc3c1OCO3)[C@@]13C=CCC[C@@H]1N(C2)C[C@H]3O. The van der Waals surface area contributed by atoms with Crippen LogP contribution in [-0.4, -0.2) is 42.6 Å². The molecule has 1 fully saturated rings.